The lowest BCUT2D eigenvalue weighted by Gasteiger charge is -2.24. The lowest BCUT2D eigenvalue weighted by molar-refractivity contribution is 0.243. The van der Waals surface area contributed by atoms with Gasteiger partial charge in [0.15, 0.2) is 0 Å². The number of halogens is 1. The van der Waals surface area contributed by atoms with Crippen molar-refractivity contribution >= 4 is 34.2 Å². The number of amides is 2. The molecule has 0 aliphatic carbocycles. The standard InChI is InChI=1S/C21H25ClN4O2/c1-25(2)19(16-13-26(3)18-8-6-5-7-15(16)18)12-23-21(27)24-17-11-14(22)9-10-20(17)28-4/h5-11,13,19H,12H2,1-4H3,(H2,23,24,27). The molecule has 28 heavy (non-hydrogen) atoms. The predicted octanol–water partition coefficient (Wildman–Crippen LogP) is 4.26. The summed E-state index contributed by atoms with van der Waals surface area (Å²) in [5.41, 5.74) is 2.86. The lowest BCUT2D eigenvalue weighted by atomic mass is 10.0. The highest BCUT2D eigenvalue weighted by molar-refractivity contribution is 6.31. The van der Waals surface area contributed by atoms with Gasteiger partial charge in [-0.25, -0.2) is 4.79 Å². The maximum atomic E-state index is 12.5. The van der Waals surface area contributed by atoms with Gasteiger partial charge in [0.2, 0.25) is 0 Å². The fourth-order valence-corrected chi connectivity index (χ4v) is 3.52. The Bertz CT molecular complexity index is 984. The maximum absolute atomic E-state index is 12.5. The molecule has 2 N–H and O–H groups in total. The zero-order valence-corrected chi connectivity index (χ0v) is 17.2. The number of methoxy groups -OCH3 is 1. The molecule has 0 bridgehead atoms. The summed E-state index contributed by atoms with van der Waals surface area (Å²) in [6, 6.07) is 13.1. The van der Waals surface area contributed by atoms with Crippen LogP contribution in [0, 0.1) is 0 Å². The first-order chi connectivity index (χ1) is 13.4. The highest BCUT2D eigenvalue weighted by atomic mass is 35.5. The molecule has 0 radical (unpaired) electrons. The summed E-state index contributed by atoms with van der Waals surface area (Å²) < 4.78 is 7.38. The summed E-state index contributed by atoms with van der Waals surface area (Å²) in [6.07, 6.45) is 2.12. The largest absolute Gasteiger partial charge is 0.495 e. The number of urea groups is 1. The molecule has 0 spiro atoms. The second kappa shape index (κ2) is 8.54. The van der Waals surface area contributed by atoms with E-state index < -0.39 is 0 Å². The number of hydrogen-bond acceptors (Lipinski definition) is 3. The number of para-hydroxylation sites is 1. The van der Waals surface area contributed by atoms with E-state index in [4.69, 9.17) is 16.3 Å². The Labute approximate surface area is 170 Å². The number of ether oxygens (including phenoxy) is 1. The van der Waals surface area contributed by atoms with Gasteiger partial charge >= 0.3 is 6.03 Å². The summed E-state index contributed by atoms with van der Waals surface area (Å²) in [5, 5.41) is 7.47. The molecule has 3 aromatic rings. The Balaban J connectivity index is 1.75. The van der Waals surface area contributed by atoms with Crippen molar-refractivity contribution in [2.45, 2.75) is 6.04 Å². The minimum absolute atomic E-state index is 0.0260. The third-order valence-corrected chi connectivity index (χ3v) is 5.01. The molecule has 0 saturated heterocycles. The van der Waals surface area contributed by atoms with Crippen molar-refractivity contribution in [1.29, 1.82) is 0 Å². The van der Waals surface area contributed by atoms with Crippen molar-refractivity contribution in [3.05, 3.63) is 59.2 Å². The molecule has 0 saturated carbocycles. The van der Waals surface area contributed by atoms with Crippen LogP contribution in [0.5, 0.6) is 5.75 Å². The number of benzene rings is 2. The molecule has 7 heteroatoms. The van der Waals surface area contributed by atoms with E-state index in [9.17, 15) is 4.79 Å². The quantitative estimate of drug-likeness (QED) is 0.649. The fraction of sp³-hybridized carbons (Fsp3) is 0.286. The van der Waals surface area contributed by atoms with Crippen LogP contribution in [-0.4, -0.2) is 43.2 Å². The van der Waals surface area contributed by atoms with Crippen molar-refractivity contribution in [3.8, 4) is 5.75 Å². The normalized spacial score (nSPS) is 12.2. The number of carbonyl (C=O) groups excluding carboxylic acids is 1. The third-order valence-electron chi connectivity index (χ3n) is 4.78. The highest BCUT2D eigenvalue weighted by Crippen LogP contribution is 2.29. The number of likely N-dealkylation sites (N-methyl/N-ethyl adjacent to an activating group) is 1. The number of aryl methyl sites for hydroxylation is 1. The first-order valence-corrected chi connectivity index (χ1v) is 9.37. The van der Waals surface area contributed by atoms with Crippen LogP contribution in [0.2, 0.25) is 5.02 Å². The monoisotopic (exact) mass is 400 g/mol. The number of nitrogens with zero attached hydrogens (tertiary/aromatic N) is 2. The van der Waals surface area contributed by atoms with E-state index in [1.54, 1.807) is 25.3 Å². The number of aromatic nitrogens is 1. The Morgan fingerprint density at radius 2 is 2.00 bits per heavy atom. The second-order valence-electron chi connectivity index (χ2n) is 6.87. The average Bonchev–Trinajstić information content (AvgIpc) is 2.99. The third kappa shape index (κ3) is 4.24. The summed E-state index contributed by atoms with van der Waals surface area (Å²) in [4.78, 5) is 14.6. The van der Waals surface area contributed by atoms with Gasteiger partial charge in [-0.3, -0.25) is 0 Å². The molecule has 2 amide bonds. The van der Waals surface area contributed by atoms with E-state index in [0.717, 1.165) is 5.52 Å². The van der Waals surface area contributed by atoms with E-state index >= 15 is 0 Å². The van der Waals surface area contributed by atoms with Crippen molar-refractivity contribution in [1.82, 2.24) is 14.8 Å². The van der Waals surface area contributed by atoms with Crippen LogP contribution >= 0.6 is 11.6 Å². The van der Waals surface area contributed by atoms with Crippen molar-refractivity contribution in [3.63, 3.8) is 0 Å². The minimum Gasteiger partial charge on any atom is -0.495 e. The molecule has 2 aromatic carbocycles. The van der Waals surface area contributed by atoms with Crippen molar-refractivity contribution in [2.75, 3.05) is 33.1 Å². The number of fused-ring (bicyclic) bond motifs is 1. The molecule has 1 unspecified atom stereocenters. The van der Waals surface area contributed by atoms with Gasteiger partial charge in [0, 0.05) is 35.7 Å². The zero-order chi connectivity index (χ0) is 20.3. The Kier molecular flexibility index (Phi) is 6.11. The molecule has 3 rings (SSSR count). The van der Waals surface area contributed by atoms with Crippen molar-refractivity contribution < 1.29 is 9.53 Å². The molecule has 0 fully saturated rings. The van der Waals surface area contributed by atoms with Crippen LogP contribution in [0.15, 0.2) is 48.7 Å². The van der Waals surface area contributed by atoms with Gasteiger partial charge in [0.05, 0.1) is 18.8 Å². The summed E-state index contributed by atoms with van der Waals surface area (Å²) in [5.74, 6) is 0.553. The van der Waals surface area contributed by atoms with E-state index in [1.165, 1.54) is 10.9 Å². The highest BCUT2D eigenvalue weighted by Gasteiger charge is 2.20. The smallest absolute Gasteiger partial charge is 0.319 e. The zero-order valence-electron chi connectivity index (χ0n) is 16.5. The summed E-state index contributed by atoms with van der Waals surface area (Å²) in [7, 11) is 7.59. The van der Waals surface area contributed by atoms with Gasteiger partial charge in [0.1, 0.15) is 5.75 Å². The SMILES string of the molecule is COc1ccc(Cl)cc1NC(=O)NCC(c1cn(C)c2ccccc12)N(C)C. The van der Waals surface area contributed by atoms with E-state index in [0.29, 0.717) is 23.0 Å². The van der Waals surface area contributed by atoms with Gasteiger partial charge in [-0.05, 0) is 43.9 Å². The molecule has 6 nitrogen and oxygen atoms in total. The summed E-state index contributed by atoms with van der Waals surface area (Å²) in [6.45, 7) is 0.454. The van der Waals surface area contributed by atoms with Crippen LogP contribution in [0.3, 0.4) is 0 Å². The van der Waals surface area contributed by atoms with Crippen LogP contribution < -0.4 is 15.4 Å². The Morgan fingerprint density at radius 1 is 1.25 bits per heavy atom. The molecular weight excluding hydrogens is 376 g/mol. The predicted molar refractivity (Wildman–Crippen MR) is 114 cm³/mol. The molecule has 1 heterocycles. The number of carbonyl (C=O) groups is 1. The number of anilines is 1. The molecule has 0 aliphatic heterocycles. The first kappa shape index (κ1) is 20.0. The van der Waals surface area contributed by atoms with Gasteiger partial charge in [-0.15, -0.1) is 0 Å². The lowest BCUT2D eigenvalue weighted by Crippen LogP contribution is -2.36. The number of nitrogens with one attached hydrogen (secondary N) is 2. The second-order valence-corrected chi connectivity index (χ2v) is 7.31. The van der Waals surface area contributed by atoms with Crippen LogP contribution in [0.25, 0.3) is 10.9 Å². The van der Waals surface area contributed by atoms with Crippen molar-refractivity contribution in [2.24, 2.45) is 7.05 Å². The Hall–Kier alpha value is -2.70. The molecule has 0 aliphatic rings. The Morgan fingerprint density at radius 3 is 2.71 bits per heavy atom. The van der Waals surface area contributed by atoms with Gasteiger partial charge in [0.25, 0.3) is 0 Å². The first-order valence-electron chi connectivity index (χ1n) is 8.99. The molecule has 1 atom stereocenters. The van der Waals surface area contributed by atoms with Crippen LogP contribution in [0.1, 0.15) is 11.6 Å². The van der Waals surface area contributed by atoms with Gasteiger partial charge < -0.3 is 24.8 Å². The molecular formula is C21H25ClN4O2. The molecule has 1 aromatic heterocycles. The summed E-state index contributed by atoms with van der Waals surface area (Å²) >= 11 is 6.03. The average molecular weight is 401 g/mol. The number of hydrogen-bond donors (Lipinski definition) is 2. The van der Waals surface area contributed by atoms with Crippen LogP contribution in [-0.2, 0) is 7.05 Å². The van der Waals surface area contributed by atoms with Gasteiger partial charge in [-0.2, -0.15) is 0 Å². The van der Waals surface area contributed by atoms with E-state index in [-0.39, 0.29) is 12.1 Å². The number of rotatable bonds is 6. The van der Waals surface area contributed by atoms with Gasteiger partial charge in [-0.1, -0.05) is 29.8 Å². The minimum atomic E-state index is -0.312. The van der Waals surface area contributed by atoms with E-state index in [2.05, 4.69) is 38.4 Å². The molecule has 148 valence electrons. The van der Waals surface area contributed by atoms with Crippen LogP contribution in [0.4, 0.5) is 10.5 Å². The topological polar surface area (TPSA) is 58.5 Å². The fourth-order valence-electron chi connectivity index (χ4n) is 3.34. The maximum Gasteiger partial charge on any atom is 0.319 e. The van der Waals surface area contributed by atoms with E-state index in [1.807, 2.05) is 33.3 Å².